The lowest BCUT2D eigenvalue weighted by Crippen LogP contribution is -2.29. The van der Waals surface area contributed by atoms with E-state index in [4.69, 9.17) is 0 Å². The van der Waals surface area contributed by atoms with Crippen molar-refractivity contribution in [3.8, 4) is 0 Å². The van der Waals surface area contributed by atoms with Gasteiger partial charge in [0.25, 0.3) is 0 Å². The van der Waals surface area contributed by atoms with Gasteiger partial charge in [-0.15, -0.1) is 0 Å². The molecule has 6 nitrogen and oxygen atoms in total. The second-order valence-electron chi connectivity index (χ2n) is 8.19. The number of carbonyl (C=O) groups excluding carboxylic acids is 2. The number of para-hydroxylation sites is 2. The standard InChI is InChI=1S/C27H28N4O2S/c1-19-12-13-22(16-20(19)2)29-26(33)18-34-27-30-23-10-6-7-11-24(23)31(27)17-25(32)28-15-14-21-8-4-3-5-9-21/h3-13,16H,14-15,17-18H2,1-2H3,(H,28,32)(H,29,33). The summed E-state index contributed by atoms with van der Waals surface area (Å²) in [5.74, 6) is 0.00554. The average Bonchev–Trinajstić information content (AvgIpc) is 3.18. The Labute approximate surface area is 203 Å². The number of anilines is 1. The zero-order chi connectivity index (χ0) is 23.9. The van der Waals surface area contributed by atoms with Crippen LogP contribution in [-0.2, 0) is 22.6 Å². The van der Waals surface area contributed by atoms with Crippen molar-refractivity contribution in [1.29, 1.82) is 0 Å². The second kappa shape index (κ2) is 11.0. The van der Waals surface area contributed by atoms with Crippen LogP contribution in [0, 0.1) is 13.8 Å². The molecule has 2 N–H and O–H groups in total. The highest BCUT2D eigenvalue weighted by Crippen LogP contribution is 2.24. The van der Waals surface area contributed by atoms with Crippen molar-refractivity contribution in [2.45, 2.75) is 32.0 Å². The van der Waals surface area contributed by atoms with Gasteiger partial charge >= 0.3 is 0 Å². The maximum atomic E-state index is 12.7. The lowest BCUT2D eigenvalue weighted by molar-refractivity contribution is -0.121. The molecule has 3 aromatic carbocycles. The number of amides is 2. The molecular weight excluding hydrogens is 444 g/mol. The van der Waals surface area contributed by atoms with Crippen LogP contribution in [0.3, 0.4) is 0 Å². The Hall–Kier alpha value is -3.58. The van der Waals surface area contributed by atoms with Crippen molar-refractivity contribution < 1.29 is 9.59 Å². The first-order chi connectivity index (χ1) is 16.5. The number of aryl methyl sites for hydroxylation is 2. The Kier molecular flexibility index (Phi) is 7.65. The summed E-state index contributed by atoms with van der Waals surface area (Å²) in [6.45, 7) is 4.78. The zero-order valence-electron chi connectivity index (χ0n) is 19.4. The van der Waals surface area contributed by atoms with Gasteiger partial charge in [-0.2, -0.15) is 0 Å². The van der Waals surface area contributed by atoms with Crippen molar-refractivity contribution in [2.24, 2.45) is 0 Å². The fraction of sp³-hybridized carbons (Fsp3) is 0.222. The first kappa shape index (κ1) is 23.6. The zero-order valence-corrected chi connectivity index (χ0v) is 20.2. The third-order valence-corrected chi connectivity index (χ3v) is 6.60. The molecule has 7 heteroatoms. The predicted octanol–water partition coefficient (Wildman–Crippen LogP) is 4.74. The fourth-order valence-corrected chi connectivity index (χ4v) is 4.47. The van der Waals surface area contributed by atoms with E-state index in [9.17, 15) is 9.59 Å². The van der Waals surface area contributed by atoms with E-state index >= 15 is 0 Å². The van der Waals surface area contributed by atoms with Crippen LogP contribution in [0.1, 0.15) is 16.7 Å². The van der Waals surface area contributed by atoms with Gasteiger partial charge in [-0.25, -0.2) is 4.98 Å². The van der Waals surface area contributed by atoms with Crippen LogP contribution < -0.4 is 10.6 Å². The highest BCUT2D eigenvalue weighted by Gasteiger charge is 2.15. The van der Waals surface area contributed by atoms with Gasteiger partial charge in [0.1, 0.15) is 6.54 Å². The van der Waals surface area contributed by atoms with E-state index in [2.05, 4.69) is 15.6 Å². The first-order valence-corrected chi connectivity index (χ1v) is 12.2. The Bertz CT molecular complexity index is 1300. The van der Waals surface area contributed by atoms with E-state index in [0.29, 0.717) is 11.7 Å². The molecule has 34 heavy (non-hydrogen) atoms. The third kappa shape index (κ3) is 6.05. The maximum absolute atomic E-state index is 12.7. The molecule has 0 atom stereocenters. The number of carbonyl (C=O) groups is 2. The van der Waals surface area contributed by atoms with Crippen molar-refractivity contribution in [3.05, 3.63) is 89.5 Å². The first-order valence-electron chi connectivity index (χ1n) is 11.3. The van der Waals surface area contributed by atoms with E-state index in [-0.39, 0.29) is 24.1 Å². The lowest BCUT2D eigenvalue weighted by Gasteiger charge is -2.10. The highest BCUT2D eigenvalue weighted by molar-refractivity contribution is 7.99. The van der Waals surface area contributed by atoms with Gasteiger partial charge < -0.3 is 15.2 Å². The van der Waals surface area contributed by atoms with E-state index in [1.54, 1.807) is 0 Å². The van der Waals surface area contributed by atoms with Gasteiger partial charge in [0, 0.05) is 12.2 Å². The summed E-state index contributed by atoms with van der Waals surface area (Å²) in [5.41, 5.74) is 5.95. The molecule has 0 aliphatic carbocycles. The van der Waals surface area contributed by atoms with E-state index in [0.717, 1.165) is 28.7 Å². The Morgan fingerprint density at radius 2 is 1.68 bits per heavy atom. The number of hydrogen-bond acceptors (Lipinski definition) is 4. The van der Waals surface area contributed by atoms with Crippen molar-refractivity contribution >= 4 is 40.3 Å². The Morgan fingerprint density at radius 1 is 0.912 bits per heavy atom. The molecule has 1 heterocycles. The topological polar surface area (TPSA) is 76.0 Å². The normalized spacial score (nSPS) is 10.9. The summed E-state index contributed by atoms with van der Waals surface area (Å²) in [4.78, 5) is 29.9. The lowest BCUT2D eigenvalue weighted by atomic mass is 10.1. The molecule has 4 aromatic rings. The number of benzene rings is 3. The van der Waals surface area contributed by atoms with Gasteiger partial charge in [0.05, 0.1) is 16.8 Å². The van der Waals surface area contributed by atoms with Crippen LogP contribution in [0.4, 0.5) is 5.69 Å². The molecular formula is C27H28N4O2S. The van der Waals surface area contributed by atoms with E-state index in [1.807, 2.05) is 91.2 Å². The van der Waals surface area contributed by atoms with Gasteiger partial charge in [-0.1, -0.05) is 60.3 Å². The Morgan fingerprint density at radius 3 is 2.47 bits per heavy atom. The van der Waals surface area contributed by atoms with Crippen LogP contribution in [0.25, 0.3) is 11.0 Å². The molecule has 0 aliphatic rings. The number of rotatable bonds is 9. The van der Waals surface area contributed by atoms with Crippen LogP contribution >= 0.6 is 11.8 Å². The molecule has 0 saturated carbocycles. The average molecular weight is 473 g/mol. The molecule has 0 aliphatic heterocycles. The number of nitrogens with zero attached hydrogens (tertiary/aromatic N) is 2. The molecule has 4 rings (SSSR count). The second-order valence-corrected chi connectivity index (χ2v) is 9.13. The molecule has 0 radical (unpaired) electrons. The summed E-state index contributed by atoms with van der Waals surface area (Å²) < 4.78 is 1.88. The maximum Gasteiger partial charge on any atom is 0.240 e. The summed E-state index contributed by atoms with van der Waals surface area (Å²) >= 11 is 1.33. The summed E-state index contributed by atoms with van der Waals surface area (Å²) in [6.07, 6.45) is 0.775. The van der Waals surface area contributed by atoms with Gasteiger partial charge in [-0.05, 0) is 61.2 Å². The number of aromatic nitrogens is 2. The molecule has 0 saturated heterocycles. The minimum absolute atomic E-state index is 0.0829. The summed E-state index contributed by atoms with van der Waals surface area (Å²) in [5, 5.41) is 6.58. The summed E-state index contributed by atoms with van der Waals surface area (Å²) in [7, 11) is 0. The molecule has 0 unspecified atom stereocenters. The van der Waals surface area contributed by atoms with Crippen LogP contribution in [0.2, 0.25) is 0 Å². The van der Waals surface area contributed by atoms with Gasteiger partial charge in [0.15, 0.2) is 5.16 Å². The Balaban J connectivity index is 1.39. The number of imidazole rings is 1. The van der Waals surface area contributed by atoms with Gasteiger partial charge in [0.2, 0.25) is 11.8 Å². The van der Waals surface area contributed by atoms with Crippen LogP contribution in [-0.4, -0.2) is 33.7 Å². The molecule has 0 fully saturated rings. The van der Waals surface area contributed by atoms with E-state index < -0.39 is 0 Å². The van der Waals surface area contributed by atoms with Gasteiger partial charge in [-0.3, -0.25) is 9.59 Å². The smallest absolute Gasteiger partial charge is 0.240 e. The predicted molar refractivity (Wildman–Crippen MR) is 138 cm³/mol. The molecule has 2 amide bonds. The van der Waals surface area contributed by atoms with Crippen LogP contribution in [0.5, 0.6) is 0 Å². The minimum Gasteiger partial charge on any atom is -0.354 e. The SMILES string of the molecule is Cc1ccc(NC(=O)CSc2nc3ccccc3n2CC(=O)NCCc2ccccc2)cc1C. The molecule has 174 valence electrons. The number of hydrogen-bond donors (Lipinski definition) is 2. The fourth-order valence-electron chi connectivity index (χ4n) is 3.65. The number of thioether (sulfide) groups is 1. The molecule has 0 spiro atoms. The van der Waals surface area contributed by atoms with Crippen LogP contribution in [0.15, 0.2) is 78.0 Å². The minimum atomic E-state index is -0.112. The number of nitrogens with one attached hydrogen (secondary N) is 2. The summed E-state index contributed by atoms with van der Waals surface area (Å²) in [6, 6.07) is 23.6. The van der Waals surface area contributed by atoms with E-state index in [1.165, 1.54) is 22.9 Å². The largest absolute Gasteiger partial charge is 0.354 e. The monoisotopic (exact) mass is 472 g/mol. The quantitative estimate of drug-likeness (QED) is 0.345. The van der Waals surface area contributed by atoms with Crippen molar-refractivity contribution in [2.75, 3.05) is 17.6 Å². The number of fused-ring (bicyclic) bond motifs is 1. The van der Waals surface area contributed by atoms with Crippen molar-refractivity contribution in [1.82, 2.24) is 14.9 Å². The molecule has 1 aromatic heterocycles. The van der Waals surface area contributed by atoms with Crippen molar-refractivity contribution in [3.63, 3.8) is 0 Å². The molecule has 0 bridgehead atoms. The third-order valence-electron chi connectivity index (χ3n) is 5.62. The highest BCUT2D eigenvalue weighted by atomic mass is 32.2.